The standard InChI is InChI=1S/C20H14ClNO4/c21-19-11-8-16(22(24)25)12-18(19)20(23)15-6-9-17(10-7-15)26-13-14-4-2-1-3-5-14/h1-12H,13H2. The van der Waals surface area contributed by atoms with Crippen LogP contribution in [0.5, 0.6) is 5.75 Å². The van der Waals surface area contributed by atoms with Crippen molar-refractivity contribution in [2.75, 3.05) is 0 Å². The Morgan fingerprint density at radius 1 is 1.00 bits per heavy atom. The number of ketones is 1. The monoisotopic (exact) mass is 367 g/mol. The molecule has 0 amide bonds. The first-order valence-electron chi connectivity index (χ1n) is 7.80. The largest absolute Gasteiger partial charge is 0.489 e. The van der Waals surface area contributed by atoms with E-state index in [0.29, 0.717) is 17.9 Å². The zero-order valence-electron chi connectivity index (χ0n) is 13.6. The van der Waals surface area contributed by atoms with Crippen molar-refractivity contribution in [2.24, 2.45) is 0 Å². The van der Waals surface area contributed by atoms with Gasteiger partial charge < -0.3 is 4.74 Å². The molecule has 0 spiro atoms. The van der Waals surface area contributed by atoms with Crippen LogP contribution in [0.25, 0.3) is 0 Å². The summed E-state index contributed by atoms with van der Waals surface area (Å²) in [5.41, 5.74) is 1.33. The molecule has 0 unspecified atom stereocenters. The number of hydrogen-bond acceptors (Lipinski definition) is 4. The lowest BCUT2D eigenvalue weighted by molar-refractivity contribution is -0.384. The molecule has 26 heavy (non-hydrogen) atoms. The zero-order chi connectivity index (χ0) is 18.5. The number of carbonyl (C=O) groups is 1. The van der Waals surface area contributed by atoms with Gasteiger partial charge in [0.15, 0.2) is 5.78 Å². The fraction of sp³-hybridized carbons (Fsp3) is 0.0500. The highest BCUT2D eigenvalue weighted by Gasteiger charge is 2.17. The van der Waals surface area contributed by atoms with Crippen LogP contribution in [0.15, 0.2) is 72.8 Å². The van der Waals surface area contributed by atoms with Gasteiger partial charge in [0, 0.05) is 23.3 Å². The van der Waals surface area contributed by atoms with E-state index >= 15 is 0 Å². The summed E-state index contributed by atoms with van der Waals surface area (Å²) < 4.78 is 5.68. The Morgan fingerprint density at radius 3 is 2.35 bits per heavy atom. The van der Waals surface area contributed by atoms with Crippen molar-refractivity contribution in [3.05, 3.63) is 105 Å². The Bertz CT molecular complexity index is 940. The van der Waals surface area contributed by atoms with Gasteiger partial charge in [0.05, 0.1) is 9.95 Å². The molecule has 0 saturated carbocycles. The molecular weight excluding hydrogens is 354 g/mol. The number of non-ortho nitro benzene ring substituents is 1. The van der Waals surface area contributed by atoms with E-state index in [1.165, 1.54) is 18.2 Å². The maximum atomic E-state index is 12.6. The van der Waals surface area contributed by atoms with Crippen molar-refractivity contribution in [3.63, 3.8) is 0 Å². The van der Waals surface area contributed by atoms with Gasteiger partial charge >= 0.3 is 0 Å². The highest BCUT2D eigenvalue weighted by Crippen LogP contribution is 2.25. The third-order valence-electron chi connectivity index (χ3n) is 3.77. The lowest BCUT2D eigenvalue weighted by Gasteiger charge is -2.08. The van der Waals surface area contributed by atoms with Crippen molar-refractivity contribution in [3.8, 4) is 5.75 Å². The summed E-state index contributed by atoms with van der Waals surface area (Å²) in [6.07, 6.45) is 0. The van der Waals surface area contributed by atoms with Gasteiger partial charge in [-0.3, -0.25) is 14.9 Å². The normalized spacial score (nSPS) is 10.3. The summed E-state index contributed by atoms with van der Waals surface area (Å²) in [4.78, 5) is 22.9. The molecule has 130 valence electrons. The maximum absolute atomic E-state index is 12.6. The van der Waals surface area contributed by atoms with Gasteiger partial charge in [-0.15, -0.1) is 0 Å². The molecule has 0 heterocycles. The fourth-order valence-electron chi connectivity index (χ4n) is 2.40. The summed E-state index contributed by atoms with van der Waals surface area (Å²) in [6, 6.07) is 20.1. The van der Waals surface area contributed by atoms with Crippen LogP contribution in [0.2, 0.25) is 5.02 Å². The molecule has 0 aliphatic heterocycles. The molecule has 0 atom stereocenters. The fourth-order valence-corrected chi connectivity index (χ4v) is 2.60. The number of halogens is 1. The van der Waals surface area contributed by atoms with Gasteiger partial charge in [-0.05, 0) is 35.9 Å². The van der Waals surface area contributed by atoms with Crippen LogP contribution in [0.3, 0.4) is 0 Å². The molecule has 0 N–H and O–H groups in total. The highest BCUT2D eigenvalue weighted by atomic mass is 35.5. The molecule has 0 aliphatic carbocycles. The highest BCUT2D eigenvalue weighted by molar-refractivity contribution is 6.35. The van der Waals surface area contributed by atoms with Gasteiger partial charge in [0.2, 0.25) is 0 Å². The average Bonchev–Trinajstić information content (AvgIpc) is 2.67. The smallest absolute Gasteiger partial charge is 0.270 e. The van der Waals surface area contributed by atoms with Crippen LogP contribution in [-0.2, 0) is 6.61 Å². The minimum absolute atomic E-state index is 0.0961. The van der Waals surface area contributed by atoms with Gasteiger partial charge in [0.25, 0.3) is 5.69 Å². The average molecular weight is 368 g/mol. The Morgan fingerprint density at radius 2 is 1.69 bits per heavy atom. The topological polar surface area (TPSA) is 69.4 Å². The molecule has 0 radical (unpaired) electrons. The molecule has 3 rings (SSSR count). The second-order valence-electron chi connectivity index (χ2n) is 5.55. The zero-order valence-corrected chi connectivity index (χ0v) is 14.3. The Hall–Kier alpha value is -3.18. The summed E-state index contributed by atoms with van der Waals surface area (Å²) in [6.45, 7) is 0.421. The summed E-state index contributed by atoms with van der Waals surface area (Å²) >= 11 is 6.03. The summed E-state index contributed by atoms with van der Waals surface area (Å²) in [7, 11) is 0. The molecule has 3 aromatic carbocycles. The first-order chi connectivity index (χ1) is 12.5. The van der Waals surface area contributed by atoms with Gasteiger partial charge in [-0.2, -0.15) is 0 Å². The number of rotatable bonds is 6. The van der Waals surface area contributed by atoms with E-state index in [0.717, 1.165) is 5.56 Å². The van der Waals surface area contributed by atoms with Crippen molar-refractivity contribution < 1.29 is 14.5 Å². The van der Waals surface area contributed by atoms with E-state index in [9.17, 15) is 14.9 Å². The first kappa shape index (κ1) is 17.6. The predicted molar refractivity (Wildman–Crippen MR) is 98.8 cm³/mol. The number of nitro groups is 1. The van der Waals surface area contributed by atoms with Crippen molar-refractivity contribution in [1.29, 1.82) is 0 Å². The van der Waals surface area contributed by atoms with Crippen molar-refractivity contribution in [1.82, 2.24) is 0 Å². The number of nitro benzene ring substituents is 1. The molecule has 0 fully saturated rings. The van der Waals surface area contributed by atoms with Gasteiger partial charge in [0.1, 0.15) is 12.4 Å². The summed E-state index contributed by atoms with van der Waals surface area (Å²) in [5, 5.41) is 11.1. The first-order valence-corrected chi connectivity index (χ1v) is 8.18. The summed E-state index contributed by atoms with van der Waals surface area (Å²) in [5.74, 6) is 0.240. The Balaban J connectivity index is 1.75. The third kappa shape index (κ3) is 4.07. The number of benzene rings is 3. The molecule has 0 aliphatic rings. The minimum Gasteiger partial charge on any atom is -0.489 e. The molecule has 5 nitrogen and oxygen atoms in total. The number of ether oxygens (including phenoxy) is 1. The lowest BCUT2D eigenvalue weighted by Crippen LogP contribution is -2.03. The molecule has 0 saturated heterocycles. The van der Waals surface area contributed by atoms with E-state index in [1.807, 2.05) is 30.3 Å². The Kier molecular flexibility index (Phi) is 5.29. The Labute approximate surface area is 155 Å². The van der Waals surface area contributed by atoms with Crippen LogP contribution >= 0.6 is 11.6 Å². The molecule has 6 heteroatoms. The molecule has 0 bridgehead atoms. The van der Waals surface area contributed by atoms with Crippen LogP contribution in [0.1, 0.15) is 21.5 Å². The van der Waals surface area contributed by atoms with Crippen LogP contribution < -0.4 is 4.74 Å². The van der Waals surface area contributed by atoms with E-state index in [-0.39, 0.29) is 22.1 Å². The number of carbonyl (C=O) groups excluding carboxylic acids is 1. The quantitative estimate of drug-likeness (QED) is 0.347. The SMILES string of the molecule is O=C(c1ccc(OCc2ccccc2)cc1)c1cc([N+](=O)[O-])ccc1Cl. The van der Waals surface area contributed by atoms with Gasteiger partial charge in [-0.1, -0.05) is 41.9 Å². The van der Waals surface area contributed by atoms with Gasteiger partial charge in [-0.25, -0.2) is 0 Å². The second kappa shape index (κ2) is 7.80. The van der Waals surface area contributed by atoms with Crippen LogP contribution in [-0.4, -0.2) is 10.7 Å². The van der Waals surface area contributed by atoms with E-state index in [1.54, 1.807) is 24.3 Å². The number of hydrogen-bond donors (Lipinski definition) is 0. The van der Waals surface area contributed by atoms with Crippen LogP contribution in [0, 0.1) is 10.1 Å². The maximum Gasteiger partial charge on any atom is 0.270 e. The number of nitrogens with zero attached hydrogens (tertiary/aromatic N) is 1. The van der Waals surface area contributed by atoms with E-state index < -0.39 is 4.92 Å². The van der Waals surface area contributed by atoms with Crippen LogP contribution in [0.4, 0.5) is 5.69 Å². The molecule has 3 aromatic rings. The van der Waals surface area contributed by atoms with Crippen molar-refractivity contribution >= 4 is 23.1 Å². The molecule has 0 aromatic heterocycles. The predicted octanol–water partition coefficient (Wildman–Crippen LogP) is 5.06. The van der Waals surface area contributed by atoms with E-state index in [2.05, 4.69) is 0 Å². The lowest BCUT2D eigenvalue weighted by atomic mass is 10.0. The third-order valence-corrected chi connectivity index (χ3v) is 4.10. The minimum atomic E-state index is -0.562. The second-order valence-corrected chi connectivity index (χ2v) is 5.96. The molecular formula is C20H14ClNO4. The van der Waals surface area contributed by atoms with E-state index in [4.69, 9.17) is 16.3 Å². The van der Waals surface area contributed by atoms with Crippen molar-refractivity contribution in [2.45, 2.75) is 6.61 Å².